The van der Waals surface area contributed by atoms with Crippen molar-refractivity contribution >= 4 is 6.09 Å². The Morgan fingerprint density at radius 1 is 1.50 bits per heavy atom. The third-order valence-corrected chi connectivity index (χ3v) is 2.57. The second-order valence-electron chi connectivity index (χ2n) is 5.32. The predicted octanol–water partition coefficient (Wildman–Crippen LogP) is 2.00. The third-order valence-electron chi connectivity index (χ3n) is 2.57. The van der Waals surface area contributed by atoms with Crippen molar-refractivity contribution in [3.05, 3.63) is 0 Å². The monoisotopic (exact) mass is 228 g/mol. The minimum atomic E-state index is -0.408. The molecule has 1 saturated heterocycles. The van der Waals surface area contributed by atoms with E-state index in [9.17, 15) is 4.79 Å². The van der Waals surface area contributed by atoms with Gasteiger partial charge < -0.3 is 15.0 Å². The summed E-state index contributed by atoms with van der Waals surface area (Å²) < 4.78 is 5.42. The van der Waals surface area contributed by atoms with Gasteiger partial charge in [0.2, 0.25) is 0 Å². The molecular weight excluding hydrogens is 204 g/mol. The highest BCUT2D eigenvalue weighted by Crippen LogP contribution is 2.15. The van der Waals surface area contributed by atoms with Crippen LogP contribution in [0.25, 0.3) is 0 Å². The van der Waals surface area contributed by atoms with Crippen molar-refractivity contribution in [1.29, 1.82) is 0 Å². The summed E-state index contributed by atoms with van der Waals surface area (Å²) in [5.74, 6) is 0. The van der Waals surface area contributed by atoms with Gasteiger partial charge in [0.15, 0.2) is 0 Å². The smallest absolute Gasteiger partial charge is 0.410 e. The summed E-state index contributed by atoms with van der Waals surface area (Å²) in [6, 6.07) is 0.301. The van der Waals surface area contributed by atoms with Gasteiger partial charge in [0.05, 0.1) is 0 Å². The lowest BCUT2D eigenvalue weighted by atomic mass is 10.2. The van der Waals surface area contributed by atoms with Gasteiger partial charge in [0, 0.05) is 19.1 Å². The largest absolute Gasteiger partial charge is 0.444 e. The Labute approximate surface area is 98.3 Å². The molecule has 0 saturated carbocycles. The maximum Gasteiger partial charge on any atom is 0.410 e. The van der Waals surface area contributed by atoms with E-state index < -0.39 is 5.60 Å². The quantitative estimate of drug-likeness (QED) is 0.803. The van der Waals surface area contributed by atoms with E-state index in [-0.39, 0.29) is 6.09 Å². The SMILES string of the molecule is CCCN(C(=O)OC(C)(C)C)[C@@H]1CCNC1. The van der Waals surface area contributed by atoms with Crippen molar-refractivity contribution in [2.24, 2.45) is 0 Å². The number of hydrogen-bond donors (Lipinski definition) is 1. The van der Waals surface area contributed by atoms with E-state index in [1.807, 2.05) is 25.7 Å². The molecule has 1 fully saturated rings. The maximum absolute atomic E-state index is 12.0. The van der Waals surface area contributed by atoms with Crippen molar-refractivity contribution in [2.45, 2.75) is 52.2 Å². The summed E-state index contributed by atoms with van der Waals surface area (Å²) in [6.07, 6.45) is 1.82. The van der Waals surface area contributed by atoms with Gasteiger partial charge in [-0.2, -0.15) is 0 Å². The van der Waals surface area contributed by atoms with Crippen LogP contribution in [0.5, 0.6) is 0 Å². The zero-order valence-corrected chi connectivity index (χ0v) is 10.9. The van der Waals surface area contributed by atoms with Crippen LogP contribution in [0, 0.1) is 0 Å². The Morgan fingerprint density at radius 2 is 2.19 bits per heavy atom. The number of nitrogens with zero attached hydrogens (tertiary/aromatic N) is 1. The minimum Gasteiger partial charge on any atom is -0.444 e. The lowest BCUT2D eigenvalue weighted by Gasteiger charge is -2.31. The van der Waals surface area contributed by atoms with Crippen LogP contribution in [0.3, 0.4) is 0 Å². The van der Waals surface area contributed by atoms with Gasteiger partial charge >= 0.3 is 6.09 Å². The maximum atomic E-state index is 12.0. The van der Waals surface area contributed by atoms with Gasteiger partial charge in [-0.1, -0.05) is 6.92 Å². The minimum absolute atomic E-state index is 0.178. The van der Waals surface area contributed by atoms with Gasteiger partial charge in [-0.25, -0.2) is 4.79 Å². The molecule has 1 heterocycles. The predicted molar refractivity (Wildman–Crippen MR) is 64.5 cm³/mol. The molecule has 0 aromatic heterocycles. The molecule has 94 valence electrons. The molecule has 0 spiro atoms. The highest BCUT2D eigenvalue weighted by Gasteiger charge is 2.29. The molecule has 0 aromatic rings. The molecule has 1 N–H and O–H groups in total. The number of carbonyl (C=O) groups excluding carboxylic acids is 1. The number of hydrogen-bond acceptors (Lipinski definition) is 3. The van der Waals surface area contributed by atoms with Crippen LogP contribution in [0.4, 0.5) is 4.79 Å². The van der Waals surface area contributed by atoms with Crippen LogP contribution in [-0.2, 0) is 4.74 Å². The fourth-order valence-electron chi connectivity index (χ4n) is 1.89. The van der Waals surface area contributed by atoms with Gasteiger partial charge in [-0.15, -0.1) is 0 Å². The molecule has 1 rings (SSSR count). The molecule has 0 aromatic carbocycles. The molecule has 1 aliphatic heterocycles. The molecule has 4 nitrogen and oxygen atoms in total. The van der Waals surface area contributed by atoms with Crippen LogP contribution in [0.15, 0.2) is 0 Å². The second kappa shape index (κ2) is 5.53. The van der Waals surface area contributed by atoms with E-state index >= 15 is 0 Å². The molecule has 1 atom stereocenters. The van der Waals surface area contributed by atoms with Gasteiger partial charge in [0.1, 0.15) is 5.60 Å². The lowest BCUT2D eigenvalue weighted by molar-refractivity contribution is 0.0177. The van der Waals surface area contributed by atoms with Crippen LogP contribution in [0.2, 0.25) is 0 Å². The van der Waals surface area contributed by atoms with Crippen molar-refractivity contribution in [3.63, 3.8) is 0 Å². The summed E-state index contributed by atoms with van der Waals surface area (Å²) in [6.45, 7) is 10.5. The number of ether oxygens (including phenoxy) is 1. The fourth-order valence-corrected chi connectivity index (χ4v) is 1.89. The molecule has 16 heavy (non-hydrogen) atoms. The molecule has 0 unspecified atom stereocenters. The molecule has 1 amide bonds. The standard InChI is InChI=1S/C12H24N2O2/c1-5-8-14(10-6-7-13-9-10)11(15)16-12(2,3)4/h10,13H,5-9H2,1-4H3/t10-/m1/s1. The van der Waals surface area contributed by atoms with E-state index in [0.717, 1.165) is 32.5 Å². The van der Waals surface area contributed by atoms with E-state index in [1.165, 1.54) is 0 Å². The summed E-state index contributed by atoms with van der Waals surface area (Å²) in [5, 5.41) is 3.28. The summed E-state index contributed by atoms with van der Waals surface area (Å²) >= 11 is 0. The fraction of sp³-hybridized carbons (Fsp3) is 0.917. The summed E-state index contributed by atoms with van der Waals surface area (Å²) in [5.41, 5.74) is -0.408. The molecule has 4 heteroatoms. The Hall–Kier alpha value is -0.770. The lowest BCUT2D eigenvalue weighted by Crippen LogP contribution is -2.44. The van der Waals surface area contributed by atoms with Crippen molar-refractivity contribution in [2.75, 3.05) is 19.6 Å². The van der Waals surface area contributed by atoms with Gasteiger partial charge in [-0.3, -0.25) is 0 Å². The van der Waals surface area contributed by atoms with E-state index in [1.54, 1.807) is 0 Å². The van der Waals surface area contributed by atoms with Crippen LogP contribution < -0.4 is 5.32 Å². The topological polar surface area (TPSA) is 41.6 Å². The Bertz CT molecular complexity index is 230. The molecule has 0 radical (unpaired) electrons. The van der Waals surface area contributed by atoms with E-state index in [2.05, 4.69) is 12.2 Å². The Kier molecular flexibility index (Phi) is 4.59. The average Bonchev–Trinajstić information content (AvgIpc) is 2.63. The van der Waals surface area contributed by atoms with Crippen LogP contribution in [0.1, 0.15) is 40.5 Å². The first-order chi connectivity index (χ1) is 7.44. The van der Waals surface area contributed by atoms with E-state index in [4.69, 9.17) is 4.74 Å². The van der Waals surface area contributed by atoms with Gasteiger partial charge in [-0.05, 0) is 40.2 Å². The first-order valence-electron chi connectivity index (χ1n) is 6.14. The van der Waals surface area contributed by atoms with Crippen LogP contribution >= 0.6 is 0 Å². The zero-order chi connectivity index (χ0) is 12.2. The Balaban J connectivity index is 2.57. The number of nitrogens with one attached hydrogen (secondary N) is 1. The zero-order valence-electron chi connectivity index (χ0n) is 10.9. The third kappa shape index (κ3) is 4.00. The molecular formula is C12H24N2O2. The van der Waals surface area contributed by atoms with Gasteiger partial charge in [0.25, 0.3) is 0 Å². The summed E-state index contributed by atoms with van der Waals surface area (Å²) in [7, 11) is 0. The van der Waals surface area contributed by atoms with Crippen molar-refractivity contribution < 1.29 is 9.53 Å². The average molecular weight is 228 g/mol. The van der Waals surface area contributed by atoms with Crippen molar-refractivity contribution in [1.82, 2.24) is 10.2 Å². The van der Waals surface area contributed by atoms with E-state index in [0.29, 0.717) is 6.04 Å². The normalized spacial score (nSPS) is 20.9. The number of carbonyl (C=O) groups is 1. The number of rotatable bonds is 3. The summed E-state index contributed by atoms with van der Waals surface area (Å²) in [4.78, 5) is 13.9. The van der Waals surface area contributed by atoms with Crippen molar-refractivity contribution in [3.8, 4) is 0 Å². The molecule has 0 aliphatic carbocycles. The molecule has 0 bridgehead atoms. The van der Waals surface area contributed by atoms with Crippen LogP contribution in [-0.4, -0.2) is 42.3 Å². The first kappa shape index (κ1) is 13.3. The highest BCUT2D eigenvalue weighted by molar-refractivity contribution is 5.68. The first-order valence-corrected chi connectivity index (χ1v) is 6.14. The Morgan fingerprint density at radius 3 is 2.62 bits per heavy atom. The number of amides is 1. The highest BCUT2D eigenvalue weighted by atomic mass is 16.6. The second-order valence-corrected chi connectivity index (χ2v) is 5.32. The molecule has 1 aliphatic rings.